The molecule has 0 aromatic heterocycles. The second-order valence-electron chi connectivity index (χ2n) is 4.90. The zero-order chi connectivity index (χ0) is 13.3. The highest BCUT2D eigenvalue weighted by Gasteiger charge is 2.25. The van der Waals surface area contributed by atoms with Crippen LogP contribution in [0.1, 0.15) is 23.7 Å². The Hall–Kier alpha value is -1.26. The average molecular weight is 268 g/mol. The van der Waals surface area contributed by atoms with Crippen LogP contribution in [-0.2, 0) is 0 Å². The number of hydrogen-bond acceptors (Lipinski definition) is 3. The first-order chi connectivity index (χ1) is 8.49. The van der Waals surface area contributed by atoms with Crippen LogP contribution >= 0.6 is 11.6 Å². The van der Waals surface area contributed by atoms with Gasteiger partial charge in [-0.2, -0.15) is 0 Å². The lowest BCUT2D eigenvalue weighted by Crippen LogP contribution is -2.46. The van der Waals surface area contributed by atoms with E-state index in [1.165, 1.54) is 0 Å². The summed E-state index contributed by atoms with van der Waals surface area (Å²) >= 11 is 6.00. The van der Waals surface area contributed by atoms with Gasteiger partial charge in [0.05, 0.1) is 11.3 Å². The summed E-state index contributed by atoms with van der Waals surface area (Å²) < 4.78 is 0. The number of nitrogens with two attached hydrogens (primary N) is 2. The number of carbonyl (C=O) groups is 1. The maximum absolute atomic E-state index is 11.4. The van der Waals surface area contributed by atoms with Crippen molar-refractivity contribution in [2.24, 2.45) is 17.4 Å². The van der Waals surface area contributed by atoms with E-state index in [1.807, 2.05) is 0 Å². The predicted octanol–water partition coefficient (Wildman–Crippen LogP) is 1.61. The molecule has 2 atom stereocenters. The monoisotopic (exact) mass is 267 g/mol. The van der Waals surface area contributed by atoms with Gasteiger partial charge in [-0.1, -0.05) is 18.5 Å². The molecule has 0 aliphatic carbocycles. The van der Waals surface area contributed by atoms with Gasteiger partial charge in [-0.25, -0.2) is 0 Å². The summed E-state index contributed by atoms with van der Waals surface area (Å²) in [6.45, 7) is 3.76. The van der Waals surface area contributed by atoms with E-state index in [2.05, 4.69) is 11.8 Å². The van der Waals surface area contributed by atoms with Crippen molar-refractivity contribution in [1.29, 1.82) is 0 Å². The van der Waals surface area contributed by atoms with Crippen LogP contribution in [0, 0.1) is 5.92 Å². The van der Waals surface area contributed by atoms with Crippen molar-refractivity contribution < 1.29 is 4.79 Å². The molecule has 5 heteroatoms. The highest BCUT2D eigenvalue weighted by molar-refractivity contribution is 6.31. The fraction of sp³-hybridized carbons (Fsp3) is 0.462. The Bertz CT molecular complexity index is 464. The lowest BCUT2D eigenvalue weighted by Gasteiger charge is -2.37. The Morgan fingerprint density at radius 2 is 2.22 bits per heavy atom. The van der Waals surface area contributed by atoms with E-state index in [1.54, 1.807) is 18.2 Å². The second kappa shape index (κ2) is 5.16. The van der Waals surface area contributed by atoms with E-state index < -0.39 is 5.91 Å². The van der Waals surface area contributed by atoms with Gasteiger partial charge in [0.1, 0.15) is 0 Å². The molecule has 1 aliphatic heterocycles. The van der Waals surface area contributed by atoms with Crippen LogP contribution < -0.4 is 16.4 Å². The first-order valence-electron chi connectivity index (χ1n) is 6.09. The van der Waals surface area contributed by atoms with Gasteiger partial charge < -0.3 is 16.4 Å². The molecule has 2 unspecified atom stereocenters. The zero-order valence-corrected chi connectivity index (χ0v) is 11.2. The number of halogens is 1. The van der Waals surface area contributed by atoms with Crippen molar-refractivity contribution in [3.8, 4) is 0 Å². The number of nitrogens with zero attached hydrogens (tertiary/aromatic N) is 1. The molecule has 1 aromatic carbocycles. The fourth-order valence-electron chi connectivity index (χ4n) is 2.36. The normalized spacial score (nSPS) is 24.1. The molecule has 1 aliphatic rings. The first kappa shape index (κ1) is 13.2. The molecular weight excluding hydrogens is 250 g/mol. The van der Waals surface area contributed by atoms with E-state index in [4.69, 9.17) is 23.1 Å². The molecule has 4 N–H and O–H groups in total. The summed E-state index contributed by atoms with van der Waals surface area (Å²) in [6.07, 6.45) is 0.909. The Kier molecular flexibility index (Phi) is 3.78. The summed E-state index contributed by atoms with van der Waals surface area (Å²) in [5, 5.41) is 0.609. The van der Waals surface area contributed by atoms with Crippen LogP contribution in [0.4, 0.5) is 5.69 Å². The molecule has 0 bridgehead atoms. The van der Waals surface area contributed by atoms with Gasteiger partial charge in [0.2, 0.25) is 0 Å². The van der Waals surface area contributed by atoms with Crippen LogP contribution in [0.15, 0.2) is 18.2 Å². The van der Waals surface area contributed by atoms with Crippen LogP contribution in [0.2, 0.25) is 5.02 Å². The van der Waals surface area contributed by atoms with Crippen molar-refractivity contribution in [1.82, 2.24) is 0 Å². The van der Waals surface area contributed by atoms with Gasteiger partial charge in [-0.05, 0) is 30.5 Å². The Morgan fingerprint density at radius 3 is 2.83 bits per heavy atom. The minimum Gasteiger partial charge on any atom is -0.370 e. The van der Waals surface area contributed by atoms with Crippen molar-refractivity contribution in [3.05, 3.63) is 28.8 Å². The third-order valence-electron chi connectivity index (χ3n) is 3.54. The molecular formula is C13H18ClN3O. The summed E-state index contributed by atoms with van der Waals surface area (Å²) in [6, 6.07) is 5.38. The first-order valence-corrected chi connectivity index (χ1v) is 6.46. The number of anilines is 1. The number of rotatable bonds is 2. The predicted molar refractivity (Wildman–Crippen MR) is 73.9 cm³/mol. The molecule has 1 aromatic rings. The number of amides is 1. The molecule has 2 rings (SSSR count). The van der Waals surface area contributed by atoms with Crippen LogP contribution in [-0.4, -0.2) is 25.0 Å². The number of piperidine rings is 1. The second-order valence-corrected chi connectivity index (χ2v) is 5.34. The highest BCUT2D eigenvalue weighted by atomic mass is 35.5. The van der Waals surface area contributed by atoms with Crippen LogP contribution in [0.5, 0.6) is 0 Å². The van der Waals surface area contributed by atoms with E-state index in [0.29, 0.717) is 16.5 Å². The smallest absolute Gasteiger partial charge is 0.250 e. The number of carbonyl (C=O) groups excluding carboxylic acids is 1. The Labute approximate surface area is 112 Å². The largest absolute Gasteiger partial charge is 0.370 e. The molecule has 0 spiro atoms. The topological polar surface area (TPSA) is 72.3 Å². The zero-order valence-electron chi connectivity index (χ0n) is 10.4. The highest BCUT2D eigenvalue weighted by Crippen LogP contribution is 2.28. The van der Waals surface area contributed by atoms with E-state index in [9.17, 15) is 4.79 Å². The molecule has 1 amide bonds. The van der Waals surface area contributed by atoms with Gasteiger partial charge >= 0.3 is 0 Å². The maximum Gasteiger partial charge on any atom is 0.250 e. The number of primary amides is 1. The van der Waals surface area contributed by atoms with Crippen LogP contribution in [0.3, 0.4) is 0 Å². The third kappa shape index (κ3) is 2.60. The standard InChI is InChI=1S/C13H18ClN3O/c1-8-7-17(5-4-11(8)15)12-6-9(14)2-3-10(12)13(16)18/h2-3,6,8,11H,4-5,7,15H2,1H3,(H2,16,18). The van der Waals surface area contributed by atoms with Gasteiger partial charge in [0.15, 0.2) is 0 Å². The van der Waals surface area contributed by atoms with Gasteiger partial charge in [-0.3, -0.25) is 4.79 Å². The van der Waals surface area contributed by atoms with Gasteiger partial charge in [-0.15, -0.1) is 0 Å². The molecule has 4 nitrogen and oxygen atoms in total. The van der Waals surface area contributed by atoms with Crippen molar-refractivity contribution in [2.45, 2.75) is 19.4 Å². The molecule has 98 valence electrons. The van der Waals surface area contributed by atoms with E-state index in [-0.39, 0.29) is 6.04 Å². The Balaban J connectivity index is 2.32. The third-order valence-corrected chi connectivity index (χ3v) is 3.77. The summed E-state index contributed by atoms with van der Waals surface area (Å²) in [5.74, 6) is -0.0392. The Morgan fingerprint density at radius 1 is 1.50 bits per heavy atom. The van der Waals surface area contributed by atoms with Crippen LogP contribution in [0.25, 0.3) is 0 Å². The van der Waals surface area contributed by atoms with Gasteiger partial charge in [0.25, 0.3) is 5.91 Å². The summed E-state index contributed by atoms with van der Waals surface area (Å²) in [5.41, 5.74) is 12.7. The van der Waals surface area contributed by atoms with Crippen molar-refractivity contribution in [3.63, 3.8) is 0 Å². The lowest BCUT2D eigenvalue weighted by atomic mass is 9.94. The minimum absolute atomic E-state index is 0.220. The fourth-order valence-corrected chi connectivity index (χ4v) is 2.52. The molecule has 1 saturated heterocycles. The number of benzene rings is 1. The maximum atomic E-state index is 11.4. The molecule has 1 fully saturated rings. The summed E-state index contributed by atoms with van der Waals surface area (Å²) in [7, 11) is 0. The summed E-state index contributed by atoms with van der Waals surface area (Å²) in [4.78, 5) is 13.6. The number of hydrogen-bond donors (Lipinski definition) is 2. The quantitative estimate of drug-likeness (QED) is 0.855. The van der Waals surface area contributed by atoms with Crippen molar-refractivity contribution >= 4 is 23.2 Å². The molecule has 0 saturated carbocycles. The lowest BCUT2D eigenvalue weighted by molar-refractivity contribution is 0.100. The van der Waals surface area contributed by atoms with Gasteiger partial charge in [0, 0.05) is 24.2 Å². The molecule has 18 heavy (non-hydrogen) atoms. The SMILES string of the molecule is CC1CN(c2cc(Cl)ccc2C(N)=O)CCC1N. The minimum atomic E-state index is -0.427. The van der Waals surface area contributed by atoms with E-state index in [0.717, 1.165) is 25.2 Å². The van der Waals surface area contributed by atoms with E-state index >= 15 is 0 Å². The van der Waals surface area contributed by atoms with Crippen molar-refractivity contribution in [2.75, 3.05) is 18.0 Å². The molecule has 1 heterocycles. The average Bonchev–Trinajstić information content (AvgIpc) is 2.32. The molecule has 0 radical (unpaired) electrons.